The molecule has 1 rings (SSSR count). The molecule has 7 heteroatoms. The summed E-state index contributed by atoms with van der Waals surface area (Å²) in [5.74, 6) is -1.29. The fourth-order valence-electron chi connectivity index (χ4n) is 4.36. The second-order valence-corrected chi connectivity index (χ2v) is 10.6. The first-order valence-corrected chi connectivity index (χ1v) is 11.3. The van der Waals surface area contributed by atoms with Crippen molar-refractivity contribution in [1.82, 2.24) is 15.1 Å². The van der Waals surface area contributed by atoms with Crippen molar-refractivity contribution in [2.75, 3.05) is 21.1 Å². The average Bonchev–Trinajstić information content (AvgIpc) is 2.67. The molecule has 7 nitrogen and oxygen atoms in total. The van der Waals surface area contributed by atoms with Crippen LogP contribution >= 0.6 is 0 Å². The van der Waals surface area contributed by atoms with Crippen molar-refractivity contribution in [3.8, 4) is 0 Å². The topological polar surface area (TPSA) is 90.0 Å². The first-order valence-electron chi connectivity index (χ1n) is 11.3. The maximum absolute atomic E-state index is 13.6. The molecule has 0 aromatic carbocycles. The van der Waals surface area contributed by atoms with Crippen LogP contribution in [0.15, 0.2) is 11.6 Å². The minimum Gasteiger partial charge on any atom is -0.478 e. The predicted octanol–water partition coefficient (Wildman–Crippen LogP) is 3.30. The van der Waals surface area contributed by atoms with Gasteiger partial charge >= 0.3 is 5.97 Å². The van der Waals surface area contributed by atoms with Gasteiger partial charge < -0.3 is 15.3 Å². The molecule has 31 heavy (non-hydrogen) atoms. The van der Waals surface area contributed by atoms with Crippen LogP contribution in [-0.4, -0.2) is 71.5 Å². The Labute approximate surface area is 188 Å². The van der Waals surface area contributed by atoms with Gasteiger partial charge in [0.05, 0.1) is 11.6 Å². The van der Waals surface area contributed by atoms with Crippen LogP contribution in [0.2, 0.25) is 0 Å². The second kappa shape index (κ2) is 10.6. The van der Waals surface area contributed by atoms with Gasteiger partial charge in [0.15, 0.2) is 0 Å². The first kappa shape index (κ1) is 27.1. The minimum atomic E-state index is -1.00. The van der Waals surface area contributed by atoms with E-state index in [0.717, 1.165) is 32.1 Å². The van der Waals surface area contributed by atoms with Gasteiger partial charge in [-0.3, -0.25) is 14.5 Å². The maximum atomic E-state index is 13.6. The van der Waals surface area contributed by atoms with Crippen LogP contribution in [0.5, 0.6) is 0 Å². The lowest BCUT2D eigenvalue weighted by Gasteiger charge is -2.44. The van der Waals surface area contributed by atoms with E-state index in [1.54, 1.807) is 18.0 Å². The van der Waals surface area contributed by atoms with Gasteiger partial charge in [-0.1, -0.05) is 60.0 Å². The van der Waals surface area contributed by atoms with Crippen LogP contribution in [-0.2, 0) is 14.4 Å². The Morgan fingerprint density at radius 3 is 1.94 bits per heavy atom. The number of amides is 2. The third-order valence-electron chi connectivity index (χ3n) is 6.58. The van der Waals surface area contributed by atoms with Crippen molar-refractivity contribution in [2.24, 2.45) is 11.3 Å². The van der Waals surface area contributed by atoms with E-state index in [9.17, 15) is 19.5 Å². The molecule has 1 aliphatic rings. The number of likely N-dealkylation sites (N-methyl/N-ethyl adjacent to an activating group) is 2. The van der Waals surface area contributed by atoms with Crippen molar-refractivity contribution >= 4 is 17.8 Å². The van der Waals surface area contributed by atoms with E-state index in [4.69, 9.17) is 0 Å². The molecule has 2 amide bonds. The lowest BCUT2D eigenvalue weighted by Crippen LogP contribution is -2.63. The number of nitrogens with one attached hydrogen (secondary N) is 1. The average molecular weight is 438 g/mol. The Kier molecular flexibility index (Phi) is 9.30. The lowest BCUT2D eigenvalue weighted by atomic mass is 9.78. The number of aliphatic carboxylic acids is 1. The van der Waals surface area contributed by atoms with Gasteiger partial charge in [-0.15, -0.1) is 0 Å². The third kappa shape index (κ3) is 6.55. The molecule has 1 saturated carbocycles. The number of carbonyl (C=O) groups excluding carboxylic acids is 2. The van der Waals surface area contributed by atoms with Gasteiger partial charge in [0, 0.05) is 12.6 Å². The number of carboxylic acids is 1. The van der Waals surface area contributed by atoms with E-state index >= 15 is 0 Å². The lowest BCUT2D eigenvalue weighted by molar-refractivity contribution is -0.144. The van der Waals surface area contributed by atoms with E-state index < -0.39 is 23.0 Å². The fourth-order valence-corrected chi connectivity index (χ4v) is 4.36. The fraction of sp³-hybridized carbons (Fsp3) is 0.792. The van der Waals surface area contributed by atoms with E-state index in [0.29, 0.717) is 0 Å². The summed E-state index contributed by atoms with van der Waals surface area (Å²) in [6, 6.07) is -1.11. The Balaban J connectivity index is 3.23. The van der Waals surface area contributed by atoms with Gasteiger partial charge in [-0.25, -0.2) is 4.79 Å². The summed E-state index contributed by atoms with van der Waals surface area (Å²) in [7, 11) is 5.55. The van der Waals surface area contributed by atoms with Crippen LogP contribution in [0, 0.1) is 11.3 Å². The van der Waals surface area contributed by atoms with Crippen LogP contribution in [0.1, 0.15) is 73.6 Å². The summed E-state index contributed by atoms with van der Waals surface area (Å²) >= 11 is 0. The standard InChI is InChI=1S/C24H43N3O4/c1-16(2)18(15-17(3)21(29)30)27(9)20(28)19(23(4,5)6)25-22(31)24(26(7)8)13-11-10-12-14-24/h15-16,18-19H,10-14H2,1-9H3,(H,25,31)(H,29,30)/t18-,19-/m1/s1. The van der Waals surface area contributed by atoms with Crippen molar-refractivity contribution in [3.05, 3.63) is 11.6 Å². The van der Waals surface area contributed by atoms with Gasteiger partial charge in [-0.2, -0.15) is 0 Å². The highest BCUT2D eigenvalue weighted by Crippen LogP contribution is 2.33. The Morgan fingerprint density at radius 2 is 1.55 bits per heavy atom. The van der Waals surface area contributed by atoms with E-state index in [2.05, 4.69) is 5.32 Å². The van der Waals surface area contributed by atoms with Crippen molar-refractivity contribution in [3.63, 3.8) is 0 Å². The zero-order chi connectivity index (χ0) is 24.1. The van der Waals surface area contributed by atoms with Crippen molar-refractivity contribution in [1.29, 1.82) is 0 Å². The molecule has 0 heterocycles. The highest BCUT2D eigenvalue weighted by Gasteiger charge is 2.45. The van der Waals surface area contributed by atoms with Crippen molar-refractivity contribution < 1.29 is 19.5 Å². The predicted molar refractivity (Wildman–Crippen MR) is 124 cm³/mol. The molecule has 0 bridgehead atoms. The quantitative estimate of drug-likeness (QED) is 0.569. The van der Waals surface area contributed by atoms with Gasteiger partial charge in [0.1, 0.15) is 6.04 Å². The second-order valence-electron chi connectivity index (χ2n) is 10.6. The molecule has 1 aliphatic carbocycles. The number of carboxylic acid groups (broad SMARTS) is 1. The summed E-state index contributed by atoms with van der Waals surface area (Å²) in [5, 5.41) is 12.4. The number of carbonyl (C=O) groups is 3. The third-order valence-corrected chi connectivity index (χ3v) is 6.58. The highest BCUT2D eigenvalue weighted by atomic mass is 16.4. The Bertz CT molecular complexity index is 685. The first-order chi connectivity index (χ1) is 14.1. The molecular weight excluding hydrogens is 394 g/mol. The summed E-state index contributed by atoms with van der Waals surface area (Å²) in [4.78, 5) is 42.0. The van der Waals surface area contributed by atoms with E-state index in [-0.39, 0.29) is 29.3 Å². The molecule has 1 fully saturated rings. The summed E-state index contributed by atoms with van der Waals surface area (Å²) < 4.78 is 0. The zero-order valence-electron chi connectivity index (χ0n) is 20.9. The molecule has 0 spiro atoms. The molecule has 178 valence electrons. The SMILES string of the molecule is CC(=C[C@H](C(C)C)N(C)C(=O)[C@@H](NC(=O)C1(N(C)C)CCCCC1)C(C)(C)C)C(=O)O. The van der Waals surface area contributed by atoms with Crippen LogP contribution in [0.3, 0.4) is 0 Å². The summed E-state index contributed by atoms with van der Waals surface area (Å²) in [5.41, 5.74) is -0.905. The minimum absolute atomic E-state index is 0.0195. The van der Waals surface area contributed by atoms with Crippen LogP contribution in [0.4, 0.5) is 0 Å². The summed E-state index contributed by atoms with van der Waals surface area (Å²) in [6.07, 6.45) is 6.29. The van der Waals surface area contributed by atoms with Gasteiger partial charge in [-0.05, 0) is 45.2 Å². The molecule has 0 aliphatic heterocycles. The van der Waals surface area contributed by atoms with Crippen LogP contribution in [0.25, 0.3) is 0 Å². The molecular formula is C24H43N3O4. The number of hydrogen-bond acceptors (Lipinski definition) is 4. The van der Waals surface area contributed by atoms with Crippen LogP contribution < -0.4 is 5.32 Å². The van der Waals surface area contributed by atoms with E-state index in [1.165, 1.54) is 6.92 Å². The smallest absolute Gasteiger partial charge is 0.331 e. The molecule has 2 atom stereocenters. The molecule has 0 aromatic heterocycles. The molecule has 0 aromatic rings. The number of rotatable bonds is 8. The molecule has 0 radical (unpaired) electrons. The molecule has 2 N–H and O–H groups in total. The largest absolute Gasteiger partial charge is 0.478 e. The normalized spacial score (nSPS) is 19.1. The maximum Gasteiger partial charge on any atom is 0.331 e. The van der Waals surface area contributed by atoms with Gasteiger partial charge in [0.2, 0.25) is 11.8 Å². The monoisotopic (exact) mass is 437 g/mol. The summed E-state index contributed by atoms with van der Waals surface area (Å²) in [6.45, 7) is 11.3. The zero-order valence-corrected chi connectivity index (χ0v) is 20.9. The Hall–Kier alpha value is -1.89. The molecule has 0 unspecified atom stereocenters. The number of hydrogen-bond donors (Lipinski definition) is 2. The highest BCUT2D eigenvalue weighted by molar-refractivity contribution is 5.93. The van der Waals surface area contributed by atoms with E-state index in [1.807, 2.05) is 53.6 Å². The molecule has 0 saturated heterocycles. The number of nitrogens with zero attached hydrogens (tertiary/aromatic N) is 2. The van der Waals surface area contributed by atoms with Gasteiger partial charge in [0.25, 0.3) is 0 Å². The van der Waals surface area contributed by atoms with Crippen molar-refractivity contribution in [2.45, 2.75) is 91.3 Å². The Morgan fingerprint density at radius 1 is 1.03 bits per heavy atom.